The maximum absolute atomic E-state index is 12.5. The molecule has 0 aliphatic heterocycles. The Hall–Kier alpha value is -2.04. The predicted octanol–water partition coefficient (Wildman–Crippen LogP) is 3.72. The first-order valence-corrected chi connectivity index (χ1v) is 7.73. The number of carboxylic acids is 1. The van der Waals surface area contributed by atoms with E-state index in [1.807, 2.05) is 0 Å². The van der Waals surface area contributed by atoms with Crippen LogP contribution in [0.25, 0.3) is 0 Å². The Kier molecular flexibility index (Phi) is 6.02. The molecule has 0 saturated carbocycles. The summed E-state index contributed by atoms with van der Waals surface area (Å²) in [6.45, 7) is 0.0752. The van der Waals surface area contributed by atoms with Gasteiger partial charge in [-0.15, -0.1) is 0 Å². The molecule has 0 unspecified atom stereocenters. The Morgan fingerprint density at radius 1 is 0.913 bits per heavy atom. The first-order valence-electron chi connectivity index (χ1n) is 6.98. The summed E-state index contributed by atoms with van der Waals surface area (Å²) in [6, 6.07) is 14.0. The third kappa shape index (κ3) is 4.98. The molecule has 0 bridgehead atoms. The number of hydrogen-bond donors (Lipinski definition) is 2. The monoisotopic (exact) mass is 351 g/mol. The van der Waals surface area contributed by atoms with Crippen LogP contribution < -0.4 is 5.32 Å². The number of carbonyl (C=O) groups is 2. The number of amides is 1. The van der Waals surface area contributed by atoms with Gasteiger partial charge in [-0.3, -0.25) is 9.59 Å². The van der Waals surface area contributed by atoms with E-state index in [2.05, 4.69) is 5.32 Å². The lowest BCUT2D eigenvalue weighted by atomic mass is 9.90. The van der Waals surface area contributed by atoms with E-state index in [9.17, 15) is 9.59 Å². The number of carbonyl (C=O) groups excluding carboxylic acids is 1. The molecule has 0 atom stereocenters. The smallest absolute Gasteiger partial charge is 0.305 e. The van der Waals surface area contributed by atoms with Gasteiger partial charge in [0.05, 0.1) is 12.3 Å². The van der Waals surface area contributed by atoms with Gasteiger partial charge in [0.25, 0.3) is 0 Å². The zero-order valence-corrected chi connectivity index (χ0v) is 13.6. The van der Waals surface area contributed by atoms with Crippen molar-refractivity contribution in [1.82, 2.24) is 5.32 Å². The number of halogens is 2. The standard InChI is InChI=1S/C17H15Cl2NO3/c18-13-5-1-11(2-6-13)16(12-3-7-14(19)8-4-12)17(23)20-10-9-15(21)22/h1-8,16H,9-10H2,(H,20,23)(H,21,22). The van der Waals surface area contributed by atoms with Gasteiger partial charge in [-0.1, -0.05) is 47.5 Å². The molecule has 0 spiro atoms. The lowest BCUT2D eigenvalue weighted by Gasteiger charge is -2.18. The van der Waals surface area contributed by atoms with Gasteiger partial charge in [0.2, 0.25) is 5.91 Å². The molecule has 2 rings (SSSR count). The van der Waals surface area contributed by atoms with E-state index in [4.69, 9.17) is 28.3 Å². The lowest BCUT2D eigenvalue weighted by Crippen LogP contribution is -2.31. The highest BCUT2D eigenvalue weighted by atomic mass is 35.5. The predicted molar refractivity (Wildman–Crippen MR) is 90.0 cm³/mol. The van der Waals surface area contributed by atoms with Crippen molar-refractivity contribution in [3.05, 3.63) is 69.7 Å². The summed E-state index contributed by atoms with van der Waals surface area (Å²) in [4.78, 5) is 23.1. The molecule has 23 heavy (non-hydrogen) atoms. The van der Waals surface area contributed by atoms with E-state index in [-0.39, 0.29) is 18.9 Å². The minimum absolute atomic E-state index is 0.0752. The molecule has 0 aromatic heterocycles. The van der Waals surface area contributed by atoms with Gasteiger partial charge in [0.1, 0.15) is 0 Å². The van der Waals surface area contributed by atoms with Crippen molar-refractivity contribution in [2.24, 2.45) is 0 Å². The van der Waals surface area contributed by atoms with Gasteiger partial charge in [-0.25, -0.2) is 0 Å². The first kappa shape index (κ1) is 17.3. The van der Waals surface area contributed by atoms with E-state index in [0.29, 0.717) is 10.0 Å². The topological polar surface area (TPSA) is 66.4 Å². The van der Waals surface area contributed by atoms with Crippen LogP contribution >= 0.6 is 23.2 Å². The second kappa shape index (κ2) is 7.99. The summed E-state index contributed by atoms with van der Waals surface area (Å²) in [5.41, 5.74) is 1.54. The number of benzene rings is 2. The van der Waals surface area contributed by atoms with Crippen LogP contribution in [0.1, 0.15) is 23.5 Å². The molecule has 2 aromatic rings. The highest BCUT2D eigenvalue weighted by Gasteiger charge is 2.22. The summed E-state index contributed by atoms with van der Waals surface area (Å²) < 4.78 is 0. The van der Waals surface area contributed by atoms with Crippen LogP contribution in [0, 0.1) is 0 Å². The second-order valence-electron chi connectivity index (χ2n) is 4.97. The maximum atomic E-state index is 12.5. The molecule has 0 aliphatic rings. The fraction of sp³-hybridized carbons (Fsp3) is 0.176. The Bertz CT molecular complexity index is 638. The molecular weight excluding hydrogens is 337 g/mol. The maximum Gasteiger partial charge on any atom is 0.305 e. The van der Waals surface area contributed by atoms with Crippen molar-refractivity contribution in [3.8, 4) is 0 Å². The zero-order chi connectivity index (χ0) is 16.8. The second-order valence-corrected chi connectivity index (χ2v) is 5.84. The number of aliphatic carboxylic acids is 1. The molecule has 0 fully saturated rings. The van der Waals surface area contributed by atoms with Crippen LogP contribution in [0.4, 0.5) is 0 Å². The van der Waals surface area contributed by atoms with E-state index in [0.717, 1.165) is 11.1 Å². The molecule has 4 nitrogen and oxygen atoms in total. The quantitative estimate of drug-likeness (QED) is 0.833. The van der Waals surface area contributed by atoms with E-state index < -0.39 is 11.9 Å². The molecular formula is C17H15Cl2NO3. The van der Waals surface area contributed by atoms with Gasteiger partial charge in [-0.2, -0.15) is 0 Å². The van der Waals surface area contributed by atoms with E-state index in [1.54, 1.807) is 48.5 Å². The van der Waals surface area contributed by atoms with Crippen LogP contribution in [0.3, 0.4) is 0 Å². The Balaban J connectivity index is 2.27. The fourth-order valence-corrected chi connectivity index (χ4v) is 2.45. The summed E-state index contributed by atoms with van der Waals surface area (Å²) >= 11 is 11.8. The van der Waals surface area contributed by atoms with Crippen molar-refractivity contribution in [2.45, 2.75) is 12.3 Å². The SMILES string of the molecule is O=C(O)CCNC(=O)C(c1ccc(Cl)cc1)c1ccc(Cl)cc1. The molecule has 0 heterocycles. The fourth-order valence-electron chi connectivity index (χ4n) is 2.20. The van der Waals surface area contributed by atoms with Crippen LogP contribution in [0.5, 0.6) is 0 Å². The Labute approximate surface area is 144 Å². The van der Waals surface area contributed by atoms with Crippen LogP contribution in [0.15, 0.2) is 48.5 Å². The molecule has 2 N–H and O–H groups in total. The molecule has 0 radical (unpaired) electrons. The highest BCUT2D eigenvalue weighted by molar-refractivity contribution is 6.30. The summed E-state index contributed by atoms with van der Waals surface area (Å²) in [5.74, 6) is -1.78. The van der Waals surface area contributed by atoms with Crippen LogP contribution in [-0.2, 0) is 9.59 Å². The molecule has 6 heteroatoms. The average molecular weight is 352 g/mol. The molecule has 120 valence electrons. The molecule has 1 amide bonds. The summed E-state index contributed by atoms with van der Waals surface area (Å²) in [5, 5.41) is 12.5. The first-order chi connectivity index (χ1) is 11.0. The third-order valence-electron chi connectivity index (χ3n) is 3.31. The van der Waals surface area contributed by atoms with Crippen molar-refractivity contribution in [3.63, 3.8) is 0 Å². The summed E-state index contributed by atoms with van der Waals surface area (Å²) in [7, 11) is 0. The minimum atomic E-state index is -0.958. The number of carboxylic acid groups (broad SMARTS) is 1. The Morgan fingerprint density at radius 2 is 1.35 bits per heavy atom. The van der Waals surface area contributed by atoms with Gasteiger partial charge < -0.3 is 10.4 Å². The van der Waals surface area contributed by atoms with Gasteiger partial charge >= 0.3 is 5.97 Å². The third-order valence-corrected chi connectivity index (χ3v) is 3.81. The number of nitrogens with one attached hydrogen (secondary N) is 1. The van der Waals surface area contributed by atoms with Crippen molar-refractivity contribution >= 4 is 35.1 Å². The summed E-state index contributed by atoms with van der Waals surface area (Å²) in [6.07, 6.45) is -0.125. The van der Waals surface area contributed by atoms with Crippen LogP contribution in [0.2, 0.25) is 10.0 Å². The average Bonchev–Trinajstić information content (AvgIpc) is 2.51. The molecule has 0 saturated heterocycles. The van der Waals surface area contributed by atoms with Gasteiger partial charge in [0, 0.05) is 16.6 Å². The van der Waals surface area contributed by atoms with Crippen molar-refractivity contribution in [1.29, 1.82) is 0 Å². The van der Waals surface area contributed by atoms with E-state index in [1.165, 1.54) is 0 Å². The Morgan fingerprint density at radius 3 is 1.74 bits per heavy atom. The van der Waals surface area contributed by atoms with Gasteiger partial charge in [0.15, 0.2) is 0 Å². The molecule has 0 aliphatic carbocycles. The minimum Gasteiger partial charge on any atom is -0.481 e. The van der Waals surface area contributed by atoms with Gasteiger partial charge in [-0.05, 0) is 35.4 Å². The number of hydrogen-bond acceptors (Lipinski definition) is 2. The lowest BCUT2D eigenvalue weighted by molar-refractivity contribution is -0.136. The van der Waals surface area contributed by atoms with Crippen molar-refractivity contribution in [2.75, 3.05) is 6.54 Å². The van der Waals surface area contributed by atoms with Crippen LogP contribution in [-0.4, -0.2) is 23.5 Å². The number of rotatable bonds is 6. The highest BCUT2D eigenvalue weighted by Crippen LogP contribution is 2.27. The zero-order valence-electron chi connectivity index (χ0n) is 12.1. The van der Waals surface area contributed by atoms with Crippen molar-refractivity contribution < 1.29 is 14.7 Å². The largest absolute Gasteiger partial charge is 0.481 e. The molecule has 2 aromatic carbocycles. The normalized spacial score (nSPS) is 10.6. The van der Waals surface area contributed by atoms with E-state index >= 15 is 0 Å².